The van der Waals surface area contributed by atoms with E-state index in [0.29, 0.717) is 4.68 Å². The third kappa shape index (κ3) is 4.22. The number of carbonyl (C=O) groups excluding carboxylic acids is 2. The number of nitrogens with one attached hydrogen (secondary N) is 1. The minimum Gasteiger partial charge on any atom is -0.465 e. The van der Waals surface area contributed by atoms with Crippen LogP contribution < -0.4 is 15.1 Å². The van der Waals surface area contributed by atoms with Crippen LogP contribution in [0.25, 0.3) is 0 Å². The summed E-state index contributed by atoms with van der Waals surface area (Å²) in [7, 11) is -2.06. The number of rotatable bonds is 6. The second kappa shape index (κ2) is 7.94. The summed E-state index contributed by atoms with van der Waals surface area (Å²) in [6.45, 7) is 3.41. The van der Waals surface area contributed by atoms with Gasteiger partial charge in [-0.3, -0.25) is 0 Å². The van der Waals surface area contributed by atoms with Crippen molar-refractivity contribution in [1.29, 1.82) is 0 Å². The largest absolute Gasteiger partial charge is 0.465 e. The number of amides is 1. The molecule has 3 rings (SSSR count). The van der Waals surface area contributed by atoms with Gasteiger partial charge in [-0.2, -0.15) is 0 Å². The molecule has 12 heteroatoms. The zero-order valence-electron chi connectivity index (χ0n) is 16.9. The lowest BCUT2D eigenvalue weighted by Crippen LogP contribution is -2.40. The van der Waals surface area contributed by atoms with Gasteiger partial charge in [0, 0.05) is 7.05 Å². The summed E-state index contributed by atoms with van der Waals surface area (Å²) in [4.78, 5) is 36.4. The first kappa shape index (κ1) is 21.6. The molecule has 0 spiro atoms. The molecule has 0 aliphatic heterocycles. The first-order chi connectivity index (χ1) is 14.0. The quantitative estimate of drug-likeness (QED) is 0.659. The van der Waals surface area contributed by atoms with E-state index in [9.17, 15) is 22.8 Å². The Morgan fingerprint density at radius 3 is 2.50 bits per heavy atom. The Hall–Kier alpha value is -3.15. The van der Waals surface area contributed by atoms with Crippen LogP contribution in [-0.4, -0.2) is 48.0 Å². The molecule has 1 aliphatic carbocycles. The van der Waals surface area contributed by atoms with Crippen LogP contribution in [0.15, 0.2) is 27.9 Å². The van der Waals surface area contributed by atoms with Crippen molar-refractivity contribution in [1.82, 2.24) is 19.1 Å². The third-order valence-corrected chi connectivity index (χ3v) is 5.81. The Balaban J connectivity index is 1.97. The summed E-state index contributed by atoms with van der Waals surface area (Å²) in [6, 6.07) is 2.90. The number of esters is 1. The molecule has 1 N–H and O–H groups in total. The van der Waals surface area contributed by atoms with E-state index in [1.807, 2.05) is 0 Å². The highest BCUT2D eigenvalue weighted by molar-refractivity contribution is 7.90. The number of carbonyl (C=O) groups is 2. The maximum Gasteiger partial charge on any atom is 0.360 e. The van der Waals surface area contributed by atoms with Gasteiger partial charge in [0.1, 0.15) is 4.90 Å². The van der Waals surface area contributed by atoms with Crippen LogP contribution >= 0.6 is 0 Å². The van der Waals surface area contributed by atoms with E-state index in [2.05, 4.69) is 9.84 Å². The lowest BCUT2D eigenvalue weighted by molar-refractivity contribution is 0.0596. The van der Waals surface area contributed by atoms with Crippen molar-refractivity contribution in [3.05, 3.63) is 39.8 Å². The molecule has 1 amide bonds. The fraction of sp³-hybridized carbons (Fsp3) is 0.444. The predicted octanol–water partition coefficient (Wildman–Crippen LogP) is 0.980. The zero-order chi connectivity index (χ0) is 22.2. The lowest BCUT2D eigenvalue weighted by Gasteiger charge is -2.12. The first-order valence-corrected chi connectivity index (χ1v) is 10.7. The van der Waals surface area contributed by atoms with Crippen molar-refractivity contribution >= 4 is 22.0 Å². The molecular weight excluding hydrogens is 416 g/mol. The number of aromatic nitrogens is 3. The summed E-state index contributed by atoms with van der Waals surface area (Å²) < 4.78 is 38.9. The number of methoxy groups -OCH3 is 1. The van der Waals surface area contributed by atoms with E-state index in [-0.39, 0.29) is 23.6 Å². The van der Waals surface area contributed by atoms with Crippen LogP contribution in [0.2, 0.25) is 0 Å². The second-order valence-corrected chi connectivity index (χ2v) is 8.79. The smallest absolute Gasteiger partial charge is 0.360 e. The van der Waals surface area contributed by atoms with Gasteiger partial charge in [-0.25, -0.2) is 32.1 Å². The van der Waals surface area contributed by atoms with Gasteiger partial charge >= 0.3 is 23.7 Å². The molecule has 162 valence electrons. The van der Waals surface area contributed by atoms with Crippen LogP contribution in [0.3, 0.4) is 0 Å². The topological polar surface area (TPSA) is 139 Å². The highest BCUT2D eigenvalue weighted by Crippen LogP contribution is 2.41. The molecule has 0 bridgehead atoms. The van der Waals surface area contributed by atoms with Crippen molar-refractivity contribution in [2.75, 3.05) is 7.11 Å². The minimum atomic E-state index is -4.52. The average molecular weight is 438 g/mol. The van der Waals surface area contributed by atoms with Crippen LogP contribution in [0.1, 0.15) is 48.5 Å². The molecule has 2 aromatic rings. The Morgan fingerprint density at radius 2 is 1.93 bits per heavy atom. The Labute approximate surface area is 172 Å². The summed E-state index contributed by atoms with van der Waals surface area (Å²) in [5.41, 5.74) is -0.379. The molecule has 30 heavy (non-hydrogen) atoms. The number of benzene rings is 1. The fourth-order valence-corrected chi connectivity index (χ4v) is 3.95. The van der Waals surface area contributed by atoms with Crippen molar-refractivity contribution in [3.63, 3.8) is 0 Å². The summed E-state index contributed by atoms with van der Waals surface area (Å²) in [5, 5.41) is 3.73. The third-order valence-electron chi connectivity index (χ3n) is 4.45. The Kier molecular flexibility index (Phi) is 5.70. The molecule has 0 atom stereocenters. The fourth-order valence-electron chi connectivity index (χ4n) is 2.79. The maximum absolute atomic E-state index is 12.9. The molecule has 0 unspecified atom stereocenters. The second-order valence-electron chi connectivity index (χ2n) is 7.13. The highest BCUT2D eigenvalue weighted by Gasteiger charge is 2.31. The molecule has 0 radical (unpaired) electrons. The molecular formula is C18H22N4O7S. The van der Waals surface area contributed by atoms with Gasteiger partial charge < -0.3 is 9.47 Å². The highest BCUT2D eigenvalue weighted by atomic mass is 32.2. The Morgan fingerprint density at radius 1 is 1.27 bits per heavy atom. The summed E-state index contributed by atoms with van der Waals surface area (Å²) >= 11 is 0. The van der Waals surface area contributed by atoms with Crippen LogP contribution in [0.4, 0.5) is 4.79 Å². The molecule has 11 nitrogen and oxygen atoms in total. The molecule has 1 aliphatic rings. The molecule has 1 aromatic heterocycles. The normalized spacial score (nSPS) is 13.9. The standard InChI is InChI=1S/C18H22N4O7S/c1-10(2)29-17-19-22(18(25)21(17)3)16(24)20-30(26,27)14-9-12(11-5-6-11)7-8-13(14)15(23)28-4/h7-11H,5-6H2,1-4H3,(H,20,24). The number of hydrogen-bond donors (Lipinski definition) is 1. The molecule has 1 saturated carbocycles. The lowest BCUT2D eigenvalue weighted by atomic mass is 10.1. The Bertz CT molecular complexity index is 1160. The van der Waals surface area contributed by atoms with Crippen molar-refractivity contribution < 1.29 is 27.5 Å². The number of sulfonamides is 1. The minimum absolute atomic E-state index is 0.145. The summed E-state index contributed by atoms with van der Waals surface area (Å²) in [5.74, 6) is -0.664. The number of hydrogen-bond acceptors (Lipinski definition) is 8. The van der Waals surface area contributed by atoms with Crippen LogP contribution in [0, 0.1) is 0 Å². The molecule has 0 saturated heterocycles. The van der Waals surface area contributed by atoms with Crippen LogP contribution in [-0.2, 0) is 21.8 Å². The van der Waals surface area contributed by atoms with Gasteiger partial charge in [0.2, 0.25) is 0 Å². The molecule has 1 fully saturated rings. The van der Waals surface area contributed by atoms with Gasteiger partial charge in [-0.05, 0) is 50.3 Å². The van der Waals surface area contributed by atoms with Crippen LogP contribution in [0.5, 0.6) is 6.01 Å². The van der Waals surface area contributed by atoms with E-state index < -0.39 is 32.6 Å². The first-order valence-electron chi connectivity index (χ1n) is 9.17. The van der Waals surface area contributed by atoms with Gasteiger partial charge in [0.25, 0.3) is 10.0 Å². The number of nitrogens with zero attached hydrogens (tertiary/aromatic N) is 3. The van der Waals surface area contributed by atoms with E-state index >= 15 is 0 Å². The average Bonchev–Trinajstić information content (AvgIpc) is 3.49. The van der Waals surface area contributed by atoms with E-state index in [0.717, 1.165) is 30.1 Å². The van der Waals surface area contributed by atoms with Gasteiger partial charge in [0.15, 0.2) is 0 Å². The predicted molar refractivity (Wildman–Crippen MR) is 104 cm³/mol. The maximum atomic E-state index is 12.9. The van der Waals surface area contributed by atoms with Gasteiger partial charge in [-0.15, -0.1) is 9.78 Å². The number of ether oxygens (including phenoxy) is 2. The van der Waals surface area contributed by atoms with E-state index in [1.54, 1.807) is 24.6 Å². The van der Waals surface area contributed by atoms with Crippen molar-refractivity contribution in [3.8, 4) is 6.01 Å². The summed E-state index contributed by atoms with van der Waals surface area (Å²) in [6.07, 6.45) is 1.50. The molecule has 1 aromatic carbocycles. The molecule has 1 heterocycles. The van der Waals surface area contributed by atoms with Gasteiger partial charge in [0.05, 0.1) is 18.8 Å². The van der Waals surface area contributed by atoms with Crippen molar-refractivity contribution in [2.24, 2.45) is 7.05 Å². The van der Waals surface area contributed by atoms with E-state index in [4.69, 9.17) is 4.74 Å². The zero-order valence-corrected chi connectivity index (χ0v) is 17.7. The van der Waals surface area contributed by atoms with Gasteiger partial charge in [-0.1, -0.05) is 6.07 Å². The monoisotopic (exact) mass is 438 g/mol. The van der Waals surface area contributed by atoms with Crippen molar-refractivity contribution in [2.45, 2.75) is 43.6 Å². The SMILES string of the molecule is COC(=O)c1ccc(C2CC2)cc1S(=O)(=O)NC(=O)n1nc(OC(C)C)n(C)c1=O. The van der Waals surface area contributed by atoms with E-state index in [1.165, 1.54) is 19.2 Å².